The van der Waals surface area contributed by atoms with Crippen molar-refractivity contribution in [1.82, 2.24) is 0 Å². The van der Waals surface area contributed by atoms with E-state index in [0.717, 1.165) is 71.6 Å². The Morgan fingerprint density at radius 3 is 0.918 bits per heavy atom. The van der Waals surface area contributed by atoms with Crippen molar-refractivity contribution in [2.24, 2.45) is 99.1 Å². The molecule has 0 heterocycles. The van der Waals surface area contributed by atoms with Crippen LogP contribution >= 0.6 is 0 Å². The Hall–Kier alpha value is -9.72. The number of Topliss-reactive ketones (excluding diaryl/α,β-unsaturated/α-hetero) is 1. The Balaban J connectivity index is -0.000000501. The summed E-state index contributed by atoms with van der Waals surface area (Å²) in [6.45, 7) is 103. The molecule has 0 radical (unpaired) electrons. The van der Waals surface area contributed by atoms with Crippen LogP contribution in [0.5, 0.6) is 5.75 Å². The maximum atomic E-state index is 11.7. The van der Waals surface area contributed by atoms with Crippen molar-refractivity contribution in [1.29, 1.82) is 0 Å². The molecule has 146 heavy (non-hydrogen) atoms. The highest BCUT2D eigenvalue weighted by Gasteiger charge is 2.40. The summed E-state index contributed by atoms with van der Waals surface area (Å²) in [6.07, 6.45) is 8.29. The minimum absolute atomic E-state index is 0.00614. The number of fused-ring (bicyclic) bond motifs is 3. The predicted octanol–water partition coefficient (Wildman–Crippen LogP) is 37.3. The van der Waals surface area contributed by atoms with Gasteiger partial charge in [-0.2, -0.15) is 0 Å². The van der Waals surface area contributed by atoms with Gasteiger partial charge in [0.05, 0.1) is 43.3 Å². The van der Waals surface area contributed by atoms with Crippen LogP contribution in [0.1, 0.15) is 354 Å². The van der Waals surface area contributed by atoms with Crippen LogP contribution in [0.2, 0.25) is 25.7 Å². The van der Waals surface area contributed by atoms with E-state index < -0.39 is 8.07 Å². The lowest BCUT2D eigenvalue weighted by Gasteiger charge is -2.42. The summed E-state index contributed by atoms with van der Waals surface area (Å²) in [4.78, 5) is 65.5. The maximum absolute atomic E-state index is 11.7. The molecule has 12 nitrogen and oxygen atoms in total. The largest absolute Gasteiger partial charge is 0.497 e. The number of carbonyl (C=O) groups excluding carboxylic acids is 6. The van der Waals surface area contributed by atoms with E-state index in [1.807, 2.05) is 151 Å². The van der Waals surface area contributed by atoms with E-state index >= 15 is 0 Å². The van der Waals surface area contributed by atoms with Crippen LogP contribution < -0.4 is 4.74 Å². The fourth-order valence-electron chi connectivity index (χ4n) is 12.1. The zero-order valence-corrected chi connectivity index (χ0v) is 102. The van der Waals surface area contributed by atoms with Crippen molar-refractivity contribution in [3.05, 3.63) is 294 Å². The van der Waals surface area contributed by atoms with E-state index in [1.165, 1.54) is 62.9 Å². The smallest absolute Gasteiger partial charge is 0.308 e. The number of esters is 5. The molecular formula is C133H214O12Si. The van der Waals surface area contributed by atoms with Crippen molar-refractivity contribution in [2.45, 2.75) is 366 Å². The molecule has 0 atom stereocenters. The number of hydrogen-bond acceptors (Lipinski definition) is 12. The Labute approximate surface area is 898 Å². The summed E-state index contributed by atoms with van der Waals surface area (Å²) in [5, 5.41) is 0. The topological polar surface area (TPSA) is 158 Å². The van der Waals surface area contributed by atoms with E-state index in [2.05, 4.69) is 383 Å². The summed E-state index contributed by atoms with van der Waals surface area (Å²) >= 11 is 0. The lowest BCUT2D eigenvalue weighted by molar-refractivity contribution is -0.158. The minimum atomic E-state index is -1.04. The Bertz CT molecular complexity index is 4490. The number of ether oxygens (including phenoxy) is 6. The van der Waals surface area contributed by atoms with Gasteiger partial charge >= 0.3 is 29.8 Å². The van der Waals surface area contributed by atoms with Crippen LogP contribution in [0.3, 0.4) is 0 Å². The van der Waals surface area contributed by atoms with E-state index in [1.54, 1.807) is 34.0 Å². The molecule has 1 aliphatic carbocycles. The van der Waals surface area contributed by atoms with Gasteiger partial charge in [-0.3, -0.25) is 28.8 Å². The van der Waals surface area contributed by atoms with Crippen LogP contribution in [-0.4, -0.2) is 76.2 Å². The molecule has 0 spiro atoms. The van der Waals surface area contributed by atoms with E-state index in [9.17, 15) is 28.8 Å². The van der Waals surface area contributed by atoms with Crippen molar-refractivity contribution in [3.63, 3.8) is 0 Å². The zero-order chi connectivity index (χ0) is 114. The van der Waals surface area contributed by atoms with Gasteiger partial charge in [0.25, 0.3) is 0 Å². The van der Waals surface area contributed by atoms with Crippen molar-refractivity contribution >= 4 is 43.7 Å². The highest BCUT2D eigenvalue weighted by Crippen LogP contribution is 2.47. The number of ketones is 1. The summed E-state index contributed by atoms with van der Waals surface area (Å²) < 4.78 is 30.4. The summed E-state index contributed by atoms with van der Waals surface area (Å²) in [7, 11) is 0.656. The van der Waals surface area contributed by atoms with Crippen LogP contribution in [0, 0.1) is 99.1 Å². The molecule has 0 bridgehead atoms. The van der Waals surface area contributed by atoms with Gasteiger partial charge in [-0.05, 0) is 184 Å². The van der Waals surface area contributed by atoms with Gasteiger partial charge < -0.3 is 28.4 Å². The predicted molar refractivity (Wildman–Crippen MR) is 635 cm³/mol. The third-order valence-electron chi connectivity index (χ3n) is 24.0. The molecule has 0 saturated carbocycles. The molecule has 13 heteroatoms. The number of allylic oxidation sites excluding steroid dienone is 1. The normalized spacial score (nSPS) is 11.3. The van der Waals surface area contributed by atoms with Gasteiger partial charge in [-0.25, -0.2) is 0 Å². The molecule has 0 unspecified atom stereocenters. The molecule has 0 saturated heterocycles. The second-order valence-electron chi connectivity index (χ2n) is 47.6. The first kappa shape index (κ1) is 145. The summed E-state index contributed by atoms with van der Waals surface area (Å²) in [5.41, 5.74) is 13.8. The van der Waals surface area contributed by atoms with Gasteiger partial charge in [-0.15, -0.1) is 6.58 Å². The van der Waals surface area contributed by atoms with Crippen LogP contribution in [0.4, 0.5) is 0 Å². The molecular weight excluding hydrogens is 1820 g/mol. The van der Waals surface area contributed by atoms with Crippen LogP contribution in [0.25, 0.3) is 11.1 Å². The Kier molecular flexibility index (Phi) is 77.8. The van der Waals surface area contributed by atoms with Crippen molar-refractivity contribution in [2.75, 3.05) is 26.9 Å². The monoisotopic (exact) mass is 2030 g/mol. The molecule has 0 amide bonds. The van der Waals surface area contributed by atoms with Crippen molar-refractivity contribution in [3.8, 4) is 16.9 Å². The fourth-order valence-corrected chi connectivity index (χ4v) is 12.9. The molecule has 0 N–H and O–H groups in total. The number of methoxy groups -OCH3 is 1. The average molecular weight is 2030 g/mol. The van der Waals surface area contributed by atoms with Gasteiger partial charge in [0.1, 0.15) is 37.0 Å². The molecule has 0 fully saturated rings. The van der Waals surface area contributed by atoms with E-state index in [4.69, 9.17) is 28.4 Å². The molecule has 8 aromatic carbocycles. The highest BCUT2D eigenvalue weighted by molar-refractivity contribution is 6.76. The average Bonchev–Trinajstić information content (AvgIpc) is 0.870. The maximum Gasteiger partial charge on any atom is 0.308 e. The quantitative estimate of drug-likeness (QED) is 0.0150. The molecule has 8 aromatic rings. The molecule has 0 aromatic heterocycles. The van der Waals surface area contributed by atoms with Gasteiger partial charge in [-0.1, -0.05) is 520 Å². The SMILES string of the molecule is C=CCC(C)C.C=CCOC(=O)C(C)C.CC(=O)C(C)C.CC(C)C.CC(C)C(=O)OC(C)(C)C.CC(C)C(=O)OCC1c2ccccc2-c2ccccc21.CC(C)C(=O)OCC[Si](C)(C)C.CC(C)C(=O)OCc1ccccc1.CC(C)C(C)(C)C.CC(C)C(C)(C)C(C)(C)C.CC(C)C(c1ccccc1)(c1ccccc1)c1ccccc1.CC(C)Cc1ccccc1.CCC(C)C.COc1ccc(CC(C)C)cc1. The molecule has 0 aliphatic heterocycles. The van der Waals surface area contributed by atoms with Gasteiger partial charge in [0, 0.05) is 25.3 Å². The second kappa shape index (κ2) is 78.5. The standard InChI is InChI=1S/C22H22.C18H18O2.C11H14O2.C11H16O.C10H14.C10H22.C9H20O2Si.C8H16O2.C7H12O2.C7H16.C6H12.C5H10O.C5H12.C4H10/c1-18(2)22(19-12-6-3-7-13-19,20-14-8-4-9-15-20)21-16-10-5-11-17-21;1-12(2)18(19)20-11-17-15-9-5-3-7-13(15)14-8-4-6-10-16(14)17;1-9(2)11(12)13-8-10-6-4-3-5-7-10;1-9(2)8-10-4-6-11(12-3)7-5-10;1-9(2)8-10-6-4-3-5-7-10;1-8(2)10(6,7)9(3,4)5;1-8(2)9(10)11-6-7-12(3,4)5;1-6(2)7(9)10-8(3,4)5;1-4-5-9-7(8)6(2)3;1-6(2)7(3,4)5;1-4-5-6(2)3;1-4(2)5(3)6;1-4-5(2)3;1-4(2)3/h3-18H,1-2H3;3-10,12,17H,11H2,1-2H3;3-7,9H,8H2,1-2H3;4-7,9H,8H2,1-3H3;3-7,9H,8H2,1-2H3;8H,1-7H3;8H,6-7H2,1-5H3;6H,1-5H3;4,6H,1,5H2,2-3H3;6H,1-5H3;4,6H,1,5H2,2-3H3;4H,1-3H3;5H,4H2,1-3H3;4H,1-3H3. The summed E-state index contributed by atoms with van der Waals surface area (Å²) in [5.74, 6) is 6.69. The number of benzene rings is 8. The fraction of sp³-hybridized carbons (Fsp3) is 0.564. The molecule has 1 aliphatic rings. The van der Waals surface area contributed by atoms with Crippen molar-refractivity contribution < 1.29 is 57.2 Å². The first-order valence-electron chi connectivity index (χ1n) is 54.2. The highest BCUT2D eigenvalue weighted by atomic mass is 28.3. The lowest BCUT2D eigenvalue weighted by atomic mass is 9.63. The first-order valence-corrected chi connectivity index (χ1v) is 57.9. The third-order valence-corrected chi connectivity index (χ3v) is 25.7. The van der Waals surface area contributed by atoms with E-state index in [-0.39, 0.29) is 88.1 Å². The van der Waals surface area contributed by atoms with Crippen LogP contribution in [-0.2, 0) is 77.3 Å². The summed E-state index contributed by atoms with van der Waals surface area (Å²) in [6, 6.07) is 78.9. The minimum Gasteiger partial charge on any atom is -0.497 e. The Morgan fingerprint density at radius 2 is 0.671 bits per heavy atom. The number of hydrogen-bond donors (Lipinski definition) is 0. The number of carbonyl (C=O) groups is 6. The third kappa shape index (κ3) is 70.2. The zero-order valence-electron chi connectivity index (χ0n) is 101. The Morgan fingerprint density at radius 1 is 0.363 bits per heavy atom. The van der Waals surface area contributed by atoms with E-state index in [0.29, 0.717) is 48.6 Å². The van der Waals surface area contributed by atoms with Gasteiger partial charge in [0.15, 0.2) is 0 Å². The van der Waals surface area contributed by atoms with Crippen LogP contribution in [0.15, 0.2) is 250 Å². The molecule has 9 rings (SSSR count). The number of rotatable bonds is 28. The second-order valence-corrected chi connectivity index (χ2v) is 53.2. The lowest BCUT2D eigenvalue weighted by Crippen LogP contribution is -2.35. The van der Waals surface area contributed by atoms with Gasteiger partial charge in [0.2, 0.25) is 0 Å². The molecule has 822 valence electrons. The first-order chi connectivity index (χ1) is 67.5.